The van der Waals surface area contributed by atoms with Crippen LogP contribution in [-0.2, 0) is 11.2 Å². The lowest BCUT2D eigenvalue weighted by Gasteiger charge is -2.16. The van der Waals surface area contributed by atoms with Gasteiger partial charge >= 0.3 is 0 Å². The van der Waals surface area contributed by atoms with Crippen molar-refractivity contribution in [2.24, 2.45) is 0 Å². The number of aliphatic hydroxyl groups excluding tert-OH is 1. The first kappa shape index (κ1) is 14.6. The summed E-state index contributed by atoms with van der Waals surface area (Å²) in [5, 5.41) is 8.66. The minimum absolute atomic E-state index is 0.169. The van der Waals surface area contributed by atoms with Gasteiger partial charge in [-0.1, -0.05) is 6.07 Å². The molecule has 1 amide bonds. The van der Waals surface area contributed by atoms with E-state index in [1.807, 2.05) is 19.2 Å². The van der Waals surface area contributed by atoms with Crippen molar-refractivity contribution in [1.82, 2.24) is 9.88 Å². The second-order valence-electron chi connectivity index (χ2n) is 4.46. The molecule has 1 aromatic rings. The maximum Gasteiger partial charge on any atom is 0.222 e. The van der Waals surface area contributed by atoms with Gasteiger partial charge in [0.1, 0.15) is 0 Å². The number of pyridine rings is 1. The Morgan fingerprint density at radius 2 is 2.22 bits per heavy atom. The lowest BCUT2D eigenvalue weighted by Crippen LogP contribution is -2.27. The fraction of sp³-hybridized carbons (Fsp3) is 0.571. The number of carbonyl (C=O) groups excluding carboxylic acids is 1. The fourth-order valence-electron chi connectivity index (χ4n) is 1.75. The molecule has 1 aromatic heterocycles. The van der Waals surface area contributed by atoms with Crippen molar-refractivity contribution in [2.75, 3.05) is 20.2 Å². The van der Waals surface area contributed by atoms with Crippen molar-refractivity contribution in [3.05, 3.63) is 30.1 Å². The average molecular weight is 250 g/mol. The monoisotopic (exact) mass is 250 g/mol. The van der Waals surface area contributed by atoms with Crippen molar-refractivity contribution in [1.29, 1.82) is 0 Å². The highest BCUT2D eigenvalue weighted by atomic mass is 16.2. The lowest BCUT2D eigenvalue weighted by atomic mass is 10.1. The van der Waals surface area contributed by atoms with E-state index in [-0.39, 0.29) is 12.5 Å². The first-order chi connectivity index (χ1) is 8.74. The van der Waals surface area contributed by atoms with E-state index >= 15 is 0 Å². The highest BCUT2D eigenvalue weighted by Crippen LogP contribution is 2.04. The van der Waals surface area contributed by atoms with E-state index in [1.54, 1.807) is 17.3 Å². The van der Waals surface area contributed by atoms with Crippen LogP contribution in [-0.4, -0.2) is 41.1 Å². The Hall–Kier alpha value is -1.42. The topological polar surface area (TPSA) is 53.4 Å². The summed E-state index contributed by atoms with van der Waals surface area (Å²) in [5.74, 6) is 0.169. The highest BCUT2D eigenvalue weighted by Gasteiger charge is 2.08. The van der Waals surface area contributed by atoms with E-state index in [0.29, 0.717) is 6.42 Å². The summed E-state index contributed by atoms with van der Waals surface area (Å²) in [7, 11) is 1.84. The number of aryl methyl sites for hydroxylation is 1. The lowest BCUT2D eigenvalue weighted by molar-refractivity contribution is -0.129. The molecule has 1 rings (SSSR count). The van der Waals surface area contributed by atoms with E-state index in [9.17, 15) is 4.79 Å². The number of nitrogens with zero attached hydrogens (tertiary/aromatic N) is 2. The molecule has 0 aliphatic heterocycles. The highest BCUT2D eigenvalue weighted by molar-refractivity contribution is 5.76. The van der Waals surface area contributed by atoms with Crippen LogP contribution in [0.3, 0.4) is 0 Å². The number of unbranched alkanes of at least 4 members (excludes halogenated alkanes) is 2. The van der Waals surface area contributed by atoms with Crippen LogP contribution in [0.15, 0.2) is 24.5 Å². The van der Waals surface area contributed by atoms with Gasteiger partial charge in [-0.15, -0.1) is 0 Å². The number of rotatable bonds is 8. The summed E-state index contributed by atoms with van der Waals surface area (Å²) in [6.45, 7) is 1.00. The first-order valence-electron chi connectivity index (χ1n) is 6.47. The van der Waals surface area contributed by atoms with Gasteiger partial charge in [0.15, 0.2) is 0 Å². The number of hydrogen-bond acceptors (Lipinski definition) is 3. The van der Waals surface area contributed by atoms with Crippen LogP contribution >= 0.6 is 0 Å². The van der Waals surface area contributed by atoms with E-state index < -0.39 is 0 Å². The van der Waals surface area contributed by atoms with E-state index in [4.69, 9.17) is 5.11 Å². The quantitative estimate of drug-likeness (QED) is 0.714. The molecule has 0 saturated carbocycles. The van der Waals surface area contributed by atoms with E-state index in [2.05, 4.69) is 4.98 Å². The predicted octanol–water partition coefficient (Wildman–Crippen LogP) is 1.64. The Bertz CT molecular complexity index is 341. The average Bonchev–Trinajstić information content (AvgIpc) is 2.42. The van der Waals surface area contributed by atoms with Crippen LogP contribution in [0.1, 0.15) is 31.2 Å². The van der Waals surface area contributed by atoms with Gasteiger partial charge in [0, 0.05) is 39.0 Å². The number of aromatic nitrogens is 1. The van der Waals surface area contributed by atoms with Gasteiger partial charge < -0.3 is 10.0 Å². The maximum atomic E-state index is 11.8. The number of amides is 1. The summed E-state index contributed by atoms with van der Waals surface area (Å²) in [4.78, 5) is 17.6. The molecule has 0 aromatic carbocycles. The summed E-state index contributed by atoms with van der Waals surface area (Å²) >= 11 is 0. The third kappa shape index (κ3) is 5.77. The summed E-state index contributed by atoms with van der Waals surface area (Å²) in [6.07, 6.45) is 7.55. The Morgan fingerprint density at radius 3 is 2.89 bits per heavy atom. The zero-order valence-electron chi connectivity index (χ0n) is 11.0. The van der Waals surface area contributed by atoms with E-state index in [0.717, 1.165) is 37.8 Å². The van der Waals surface area contributed by atoms with Crippen LogP contribution in [0.5, 0.6) is 0 Å². The second kappa shape index (κ2) is 8.64. The Kier molecular flexibility index (Phi) is 7.03. The zero-order valence-corrected chi connectivity index (χ0v) is 11.0. The molecule has 0 fully saturated rings. The molecule has 0 aliphatic carbocycles. The molecule has 0 aliphatic rings. The molecule has 0 atom stereocenters. The van der Waals surface area contributed by atoms with Gasteiger partial charge in [-0.3, -0.25) is 9.78 Å². The van der Waals surface area contributed by atoms with Crippen LogP contribution in [0.25, 0.3) is 0 Å². The first-order valence-corrected chi connectivity index (χ1v) is 6.47. The van der Waals surface area contributed by atoms with Gasteiger partial charge in [0.25, 0.3) is 0 Å². The molecule has 0 radical (unpaired) electrons. The second-order valence-corrected chi connectivity index (χ2v) is 4.46. The van der Waals surface area contributed by atoms with Gasteiger partial charge in [0.2, 0.25) is 5.91 Å². The molecule has 0 bridgehead atoms. The summed E-state index contributed by atoms with van der Waals surface area (Å²) in [6, 6.07) is 3.87. The van der Waals surface area contributed by atoms with Gasteiger partial charge in [-0.05, 0) is 37.3 Å². The van der Waals surface area contributed by atoms with Crippen molar-refractivity contribution in [2.45, 2.75) is 32.1 Å². The summed E-state index contributed by atoms with van der Waals surface area (Å²) in [5.41, 5.74) is 1.10. The molecule has 18 heavy (non-hydrogen) atoms. The van der Waals surface area contributed by atoms with Crippen molar-refractivity contribution >= 4 is 5.91 Å². The van der Waals surface area contributed by atoms with Crippen molar-refractivity contribution in [3.63, 3.8) is 0 Å². The van der Waals surface area contributed by atoms with Crippen LogP contribution in [0, 0.1) is 0 Å². The largest absolute Gasteiger partial charge is 0.396 e. The molecule has 4 heteroatoms. The minimum atomic E-state index is 0.169. The predicted molar refractivity (Wildman–Crippen MR) is 71.1 cm³/mol. The Morgan fingerprint density at radius 1 is 1.39 bits per heavy atom. The zero-order chi connectivity index (χ0) is 13.2. The van der Waals surface area contributed by atoms with E-state index in [1.165, 1.54) is 0 Å². The van der Waals surface area contributed by atoms with Crippen molar-refractivity contribution < 1.29 is 9.90 Å². The Balaban J connectivity index is 2.19. The summed E-state index contributed by atoms with van der Waals surface area (Å²) < 4.78 is 0. The smallest absolute Gasteiger partial charge is 0.222 e. The molecule has 4 nitrogen and oxygen atoms in total. The molecule has 0 spiro atoms. The molecule has 1 heterocycles. The molecule has 100 valence electrons. The van der Waals surface area contributed by atoms with Crippen molar-refractivity contribution in [3.8, 4) is 0 Å². The van der Waals surface area contributed by atoms with Gasteiger partial charge in [0.05, 0.1) is 0 Å². The number of aliphatic hydroxyl groups is 1. The standard InChI is InChI=1S/C14H22N2O2/c1-16(10-3-2-4-11-17)14(18)8-7-13-6-5-9-15-12-13/h5-6,9,12,17H,2-4,7-8,10-11H2,1H3. The third-order valence-corrected chi connectivity index (χ3v) is 2.93. The van der Waals surface area contributed by atoms with Crippen LogP contribution in [0.2, 0.25) is 0 Å². The normalized spacial score (nSPS) is 10.3. The Labute approximate surface area is 109 Å². The SMILES string of the molecule is CN(CCCCCO)C(=O)CCc1cccnc1. The number of hydrogen-bond donors (Lipinski definition) is 1. The fourth-order valence-corrected chi connectivity index (χ4v) is 1.75. The molecule has 0 unspecified atom stereocenters. The number of carbonyl (C=O) groups is 1. The third-order valence-electron chi connectivity index (χ3n) is 2.93. The molecule has 1 N–H and O–H groups in total. The van der Waals surface area contributed by atoms with Gasteiger partial charge in [-0.2, -0.15) is 0 Å². The molecule has 0 saturated heterocycles. The van der Waals surface area contributed by atoms with Crippen LogP contribution in [0.4, 0.5) is 0 Å². The van der Waals surface area contributed by atoms with Gasteiger partial charge in [-0.25, -0.2) is 0 Å². The maximum absolute atomic E-state index is 11.8. The molecular weight excluding hydrogens is 228 g/mol. The minimum Gasteiger partial charge on any atom is -0.396 e. The molecular formula is C14H22N2O2. The van der Waals surface area contributed by atoms with Crippen LogP contribution < -0.4 is 0 Å².